The average molecular weight is 259 g/mol. The van der Waals surface area contributed by atoms with Gasteiger partial charge in [-0.25, -0.2) is 0 Å². The topological polar surface area (TPSA) is 49.8 Å². The summed E-state index contributed by atoms with van der Waals surface area (Å²) in [6.07, 6.45) is 0.818. The molecule has 1 saturated carbocycles. The molecule has 3 aliphatic rings. The van der Waals surface area contributed by atoms with Crippen LogP contribution in [0.3, 0.4) is 0 Å². The van der Waals surface area contributed by atoms with Crippen LogP contribution >= 0.6 is 0 Å². The average Bonchev–Trinajstić information content (AvgIpc) is 3.06. The summed E-state index contributed by atoms with van der Waals surface area (Å²) in [7, 11) is 0. The van der Waals surface area contributed by atoms with Gasteiger partial charge in [0.25, 0.3) is 0 Å². The zero-order valence-electron chi connectivity index (χ0n) is 10.6. The van der Waals surface area contributed by atoms with Gasteiger partial charge in [0.05, 0.1) is 18.8 Å². The van der Waals surface area contributed by atoms with E-state index in [-0.39, 0.29) is 36.1 Å². The van der Waals surface area contributed by atoms with Crippen LogP contribution in [-0.4, -0.2) is 34.7 Å². The van der Waals surface area contributed by atoms with Crippen LogP contribution in [-0.2, 0) is 9.53 Å². The fourth-order valence-electron chi connectivity index (χ4n) is 3.95. The summed E-state index contributed by atoms with van der Waals surface area (Å²) >= 11 is 0. The van der Waals surface area contributed by atoms with E-state index in [2.05, 4.69) is 0 Å². The van der Waals surface area contributed by atoms with Crippen LogP contribution in [0.4, 0.5) is 0 Å². The van der Waals surface area contributed by atoms with E-state index in [1.807, 2.05) is 35.2 Å². The highest BCUT2D eigenvalue weighted by Crippen LogP contribution is 2.49. The quantitative estimate of drug-likeness (QED) is 0.827. The van der Waals surface area contributed by atoms with Crippen LogP contribution in [0.25, 0.3) is 0 Å². The van der Waals surface area contributed by atoms with Crippen molar-refractivity contribution in [2.24, 2.45) is 11.8 Å². The molecule has 1 amide bonds. The fraction of sp³-hybridized carbons (Fsp3) is 0.533. The van der Waals surface area contributed by atoms with Crippen LogP contribution in [0, 0.1) is 11.8 Å². The Bertz CT molecular complexity index is 503. The van der Waals surface area contributed by atoms with Gasteiger partial charge in [0.2, 0.25) is 5.91 Å². The lowest BCUT2D eigenvalue weighted by Crippen LogP contribution is -2.34. The summed E-state index contributed by atoms with van der Waals surface area (Å²) in [6.45, 7) is 0.596. The number of fused-ring (bicyclic) bond motifs is 3. The predicted molar refractivity (Wildman–Crippen MR) is 68.0 cm³/mol. The molecule has 4 heteroatoms. The molecule has 5 atom stereocenters. The van der Waals surface area contributed by atoms with Crippen LogP contribution in [0.2, 0.25) is 0 Å². The number of benzene rings is 1. The minimum absolute atomic E-state index is 0.00936. The monoisotopic (exact) mass is 259 g/mol. The number of aliphatic hydroxyl groups excluding tert-OH is 1. The Morgan fingerprint density at radius 1 is 1.21 bits per heavy atom. The molecular weight excluding hydrogens is 242 g/mol. The van der Waals surface area contributed by atoms with E-state index in [0.29, 0.717) is 13.0 Å². The van der Waals surface area contributed by atoms with E-state index < -0.39 is 0 Å². The first-order valence-corrected chi connectivity index (χ1v) is 6.92. The van der Waals surface area contributed by atoms with E-state index >= 15 is 0 Å². The van der Waals surface area contributed by atoms with Crippen molar-refractivity contribution < 1.29 is 14.6 Å². The van der Waals surface area contributed by atoms with Crippen molar-refractivity contribution in [3.05, 3.63) is 35.9 Å². The third kappa shape index (κ3) is 1.56. The van der Waals surface area contributed by atoms with Crippen molar-refractivity contribution >= 4 is 5.91 Å². The zero-order valence-corrected chi connectivity index (χ0v) is 10.6. The number of aliphatic hydroxyl groups is 1. The first-order chi connectivity index (χ1) is 9.25. The summed E-state index contributed by atoms with van der Waals surface area (Å²) in [5, 5.41) is 9.74. The number of nitrogens with zero attached hydrogens (tertiary/aromatic N) is 1. The molecule has 2 heterocycles. The molecular formula is C15H17NO3. The molecule has 0 radical (unpaired) electrons. The third-order valence-corrected chi connectivity index (χ3v) is 4.77. The number of ether oxygens (including phenoxy) is 1. The van der Waals surface area contributed by atoms with Crippen LogP contribution in [0.5, 0.6) is 0 Å². The third-order valence-electron chi connectivity index (χ3n) is 4.77. The Morgan fingerprint density at radius 2 is 2.00 bits per heavy atom. The van der Waals surface area contributed by atoms with Gasteiger partial charge >= 0.3 is 0 Å². The van der Waals surface area contributed by atoms with Crippen molar-refractivity contribution in [3.63, 3.8) is 0 Å². The van der Waals surface area contributed by atoms with E-state index in [1.165, 1.54) is 0 Å². The lowest BCUT2D eigenvalue weighted by atomic mass is 9.94. The van der Waals surface area contributed by atoms with Gasteiger partial charge < -0.3 is 14.7 Å². The van der Waals surface area contributed by atoms with Crippen LogP contribution in [0.15, 0.2) is 30.3 Å². The minimum atomic E-state index is -0.308. The molecule has 2 saturated heterocycles. The molecule has 2 aliphatic heterocycles. The van der Waals surface area contributed by atoms with Gasteiger partial charge in [0.1, 0.15) is 0 Å². The Morgan fingerprint density at radius 3 is 2.79 bits per heavy atom. The molecule has 1 aliphatic carbocycles. The van der Waals surface area contributed by atoms with Crippen molar-refractivity contribution in [1.82, 2.24) is 4.90 Å². The van der Waals surface area contributed by atoms with Crippen molar-refractivity contribution in [2.45, 2.75) is 31.2 Å². The normalized spacial score (nSPS) is 40.6. The molecule has 0 spiro atoms. The molecule has 3 fully saturated rings. The molecule has 100 valence electrons. The summed E-state index contributed by atoms with van der Waals surface area (Å²) in [4.78, 5) is 14.4. The van der Waals surface area contributed by atoms with Crippen molar-refractivity contribution in [2.75, 3.05) is 6.61 Å². The molecule has 0 aromatic heterocycles. The SMILES string of the molecule is O=C1C2CC(O)CC2C2COC(c3ccccc3)N12. The minimum Gasteiger partial charge on any atom is -0.393 e. The van der Waals surface area contributed by atoms with Crippen molar-refractivity contribution in [3.8, 4) is 0 Å². The lowest BCUT2D eigenvalue weighted by molar-refractivity contribution is -0.137. The van der Waals surface area contributed by atoms with Gasteiger partial charge in [0, 0.05) is 11.5 Å². The molecule has 1 N–H and O–H groups in total. The number of carbonyl (C=O) groups is 1. The van der Waals surface area contributed by atoms with Gasteiger partial charge in [-0.3, -0.25) is 4.79 Å². The van der Waals surface area contributed by atoms with E-state index in [9.17, 15) is 9.90 Å². The summed E-state index contributed by atoms with van der Waals surface area (Å²) in [5.74, 6) is 0.448. The van der Waals surface area contributed by atoms with E-state index in [0.717, 1.165) is 12.0 Å². The maximum Gasteiger partial charge on any atom is 0.228 e. The van der Waals surface area contributed by atoms with Crippen LogP contribution < -0.4 is 0 Å². The molecule has 19 heavy (non-hydrogen) atoms. The maximum absolute atomic E-state index is 12.5. The maximum atomic E-state index is 12.5. The van der Waals surface area contributed by atoms with Gasteiger partial charge in [-0.05, 0) is 18.8 Å². The molecule has 4 nitrogen and oxygen atoms in total. The predicted octanol–water partition coefficient (Wildman–Crippen LogP) is 1.31. The Hall–Kier alpha value is -1.39. The Kier molecular flexibility index (Phi) is 2.44. The fourth-order valence-corrected chi connectivity index (χ4v) is 3.95. The van der Waals surface area contributed by atoms with Gasteiger partial charge in [-0.1, -0.05) is 30.3 Å². The van der Waals surface area contributed by atoms with Crippen molar-refractivity contribution in [1.29, 1.82) is 0 Å². The molecule has 1 aromatic rings. The van der Waals surface area contributed by atoms with E-state index in [1.54, 1.807) is 0 Å². The lowest BCUT2D eigenvalue weighted by Gasteiger charge is -2.24. The number of hydrogen-bond acceptors (Lipinski definition) is 3. The number of hydrogen-bond donors (Lipinski definition) is 1. The first kappa shape index (κ1) is 11.4. The number of amides is 1. The Labute approximate surface area is 112 Å². The van der Waals surface area contributed by atoms with Gasteiger partial charge in [-0.15, -0.1) is 0 Å². The smallest absolute Gasteiger partial charge is 0.228 e. The standard InChI is InChI=1S/C15H17NO3/c17-10-6-11-12(7-10)14(18)16-13(11)8-19-15(16)9-4-2-1-3-5-9/h1-5,10-13,15,17H,6-8H2. The largest absolute Gasteiger partial charge is 0.393 e. The first-order valence-electron chi connectivity index (χ1n) is 6.92. The number of carbonyl (C=O) groups excluding carboxylic acids is 1. The van der Waals surface area contributed by atoms with Gasteiger partial charge in [0.15, 0.2) is 6.23 Å². The second-order valence-electron chi connectivity index (χ2n) is 5.80. The van der Waals surface area contributed by atoms with E-state index in [4.69, 9.17) is 4.74 Å². The second kappa shape index (κ2) is 4.05. The Balaban J connectivity index is 1.65. The summed E-state index contributed by atoms with van der Waals surface area (Å²) in [6, 6.07) is 10.1. The highest BCUT2D eigenvalue weighted by Gasteiger charge is 2.57. The molecule has 5 unspecified atom stereocenters. The highest BCUT2D eigenvalue weighted by molar-refractivity contribution is 5.83. The summed E-state index contributed by atoms with van der Waals surface area (Å²) in [5.41, 5.74) is 1.04. The molecule has 0 bridgehead atoms. The second-order valence-corrected chi connectivity index (χ2v) is 5.80. The van der Waals surface area contributed by atoms with Gasteiger partial charge in [-0.2, -0.15) is 0 Å². The highest BCUT2D eigenvalue weighted by atomic mass is 16.5. The number of rotatable bonds is 1. The molecule has 4 rings (SSSR count). The van der Waals surface area contributed by atoms with Crippen LogP contribution in [0.1, 0.15) is 24.6 Å². The summed E-state index contributed by atoms with van der Waals surface area (Å²) < 4.78 is 5.84. The zero-order chi connectivity index (χ0) is 13.0. The molecule has 1 aromatic carbocycles.